The highest BCUT2D eigenvalue weighted by Crippen LogP contribution is 2.25. The van der Waals surface area contributed by atoms with Crippen LogP contribution in [0.25, 0.3) is 0 Å². The standard InChI is InChI=1S/C25H43N3O3/c1-10-13-14-26-20(5)23(22(12-3)30-17-11-2)21(6)27-15-16-28(19(4)18-27)24(29)31-25(7,8)9/h12-14,19H,10-11,15-18H2,1-9H3/b14-13+,22-12+,23-21-,26-20+. The van der Waals surface area contributed by atoms with Crippen LogP contribution in [0.5, 0.6) is 0 Å². The van der Waals surface area contributed by atoms with Crippen molar-refractivity contribution in [2.75, 3.05) is 26.2 Å². The number of nitrogens with zero attached hydrogens (tertiary/aromatic N) is 3. The molecule has 1 unspecified atom stereocenters. The van der Waals surface area contributed by atoms with Crippen LogP contribution in [-0.2, 0) is 9.47 Å². The topological polar surface area (TPSA) is 54.4 Å². The second-order valence-corrected chi connectivity index (χ2v) is 8.94. The molecule has 0 radical (unpaired) electrons. The summed E-state index contributed by atoms with van der Waals surface area (Å²) in [6.07, 6.45) is 7.56. The van der Waals surface area contributed by atoms with Gasteiger partial charge in [-0.15, -0.1) is 0 Å². The minimum Gasteiger partial charge on any atom is -0.493 e. The number of piperazine rings is 1. The second-order valence-electron chi connectivity index (χ2n) is 8.94. The minimum absolute atomic E-state index is 0.0441. The van der Waals surface area contributed by atoms with E-state index >= 15 is 0 Å². The lowest BCUT2D eigenvalue weighted by Crippen LogP contribution is -2.54. The summed E-state index contributed by atoms with van der Waals surface area (Å²) in [4.78, 5) is 21.4. The number of carbonyl (C=O) groups is 1. The van der Waals surface area contributed by atoms with Crippen molar-refractivity contribution in [1.82, 2.24) is 9.80 Å². The van der Waals surface area contributed by atoms with Crippen molar-refractivity contribution < 1.29 is 14.3 Å². The van der Waals surface area contributed by atoms with Crippen LogP contribution >= 0.6 is 0 Å². The molecule has 0 saturated carbocycles. The minimum atomic E-state index is -0.492. The van der Waals surface area contributed by atoms with E-state index in [-0.39, 0.29) is 12.1 Å². The van der Waals surface area contributed by atoms with E-state index in [0.29, 0.717) is 13.2 Å². The van der Waals surface area contributed by atoms with Gasteiger partial charge in [-0.25, -0.2) is 4.79 Å². The van der Waals surface area contributed by atoms with Crippen molar-refractivity contribution in [3.05, 3.63) is 35.4 Å². The van der Waals surface area contributed by atoms with Crippen LogP contribution in [0.3, 0.4) is 0 Å². The van der Waals surface area contributed by atoms with E-state index < -0.39 is 5.60 Å². The van der Waals surface area contributed by atoms with Gasteiger partial charge in [-0.05, 0) is 67.4 Å². The predicted molar refractivity (Wildman–Crippen MR) is 129 cm³/mol. The number of ether oxygens (including phenoxy) is 2. The molecule has 6 nitrogen and oxygen atoms in total. The van der Waals surface area contributed by atoms with Crippen molar-refractivity contribution in [2.24, 2.45) is 4.99 Å². The molecular weight excluding hydrogens is 390 g/mol. The number of hydrogen-bond donors (Lipinski definition) is 0. The van der Waals surface area contributed by atoms with Crippen molar-refractivity contribution in [3.8, 4) is 0 Å². The Bertz CT molecular complexity index is 710. The molecule has 0 spiro atoms. The number of aliphatic imine (C=N–C) groups is 1. The maximum absolute atomic E-state index is 12.6. The molecule has 1 rings (SSSR count). The van der Waals surface area contributed by atoms with E-state index in [1.165, 1.54) is 0 Å². The van der Waals surface area contributed by atoms with Crippen molar-refractivity contribution in [2.45, 2.75) is 86.8 Å². The molecule has 1 atom stereocenters. The van der Waals surface area contributed by atoms with Crippen LogP contribution in [0, 0.1) is 0 Å². The highest BCUT2D eigenvalue weighted by molar-refractivity contribution is 6.02. The van der Waals surface area contributed by atoms with E-state index in [1.54, 1.807) is 0 Å². The zero-order chi connectivity index (χ0) is 23.6. The lowest BCUT2D eigenvalue weighted by atomic mass is 10.0. The fraction of sp³-hybridized carbons (Fsp3) is 0.680. The summed E-state index contributed by atoms with van der Waals surface area (Å²) in [5.74, 6) is 0.854. The lowest BCUT2D eigenvalue weighted by Gasteiger charge is -2.42. The highest BCUT2D eigenvalue weighted by Gasteiger charge is 2.32. The van der Waals surface area contributed by atoms with Crippen molar-refractivity contribution >= 4 is 11.8 Å². The normalized spacial score (nSPS) is 19.6. The Labute approximate surface area is 189 Å². The van der Waals surface area contributed by atoms with Gasteiger partial charge in [0.1, 0.15) is 11.4 Å². The fourth-order valence-corrected chi connectivity index (χ4v) is 3.48. The Morgan fingerprint density at radius 1 is 1.19 bits per heavy atom. The third-order valence-electron chi connectivity index (χ3n) is 5.03. The molecule has 176 valence electrons. The summed E-state index contributed by atoms with van der Waals surface area (Å²) in [7, 11) is 0. The van der Waals surface area contributed by atoms with Crippen LogP contribution in [0.1, 0.15) is 75.2 Å². The Kier molecular flexibility index (Phi) is 10.9. The van der Waals surface area contributed by atoms with Gasteiger partial charge < -0.3 is 19.3 Å². The fourth-order valence-electron chi connectivity index (χ4n) is 3.48. The molecule has 1 aliphatic heterocycles. The molecule has 31 heavy (non-hydrogen) atoms. The quantitative estimate of drug-likeness (QED) is 0.271. The zero-order valence-corrected chi connectivity index (χ0v) is 21.1. The number of allylic oxidation sites excluding steroid dienone is 4. The second kappa shape index (κ2) is 12.6. The first-order valence-electron chi connectivity index (χ1n) is 11.5. The molecule has 0 N–H and O–H groups in total. The summed E-state index contributed by atoms with van der Waals surface area (Å²) in [5.41, 5.74) is 2.57. The van der Waals surface area contributed by atoms with Gasteiger partial charge in [0.2, 0.25) is 0 Å². The first-order chi connectivity index (χ1) is 14.6. The maximum Gasteiger partial charge on any atom is 0.410 e. The van der Waals surface area contributed by atoms with Gasteiger partial charge in [0.05, 0.1) is 12.2 Å². The van der Waals surface area contributed by atoms with E-state index in [9.17, 15) is 4.79 Å². The third kappa shape index (κ3) is 8.42. The number of rotatable bonds is 8. The van der Waals surface area contributed by atoms with Gasteiger partial charge in [0, 0.05) is 43.3 Å². The summed E-state index contributed by atoms with van der Waals surface area (Å²) < 4.78 is 11.7. The van der Waals surface area contributed by atoms with Gasteiger partial charge in [-0.1, -0.05) is 19.9 Å². The number of amides is 1. The van der Waals surface area contributed by atoms with Crippen LogP contribution < -0.4 is 0 Å². The van der Waals surface area contributed by atoms with Crippen molar-refractivity contribution in [3.63, 3.8) is 0 Å². The average Bonchev–Trinajstić information content (AvgIpc) is 2.69. The predicted octanol–water partition coefficient (Wildman–Crippen LogP) is 5.92. The molecule has 0 bridgehead atoms. The molecule has 1 aliphatic rings. The number of hydrogen-bond acceptors (Lipinski definition) is 5. The highest BCUT2D eigenvalue weighted by atomic mass is 16.6. The summed E-state index contributed by atoms with van der Waals surface area (Å²) in [5, 5.41) is 0. The van der Waals surface area contributed by atoms with Gasteiger partial charge in [-0.2, -0.15) is 0 Å². The molecule has 0 aromatic heterocycles. The van der Waals surface area contributed by atoms with Crippen LogP contribution in [0.4, 0.5) is 4.79 Å². The van der Waals surface area contributed by atoms with Gasteiger partial charge in [0.25, 0.3) is 0 Å². The molecule has 1 heterocycles. The lowest BCUT2D eigenvalue weighted by molar-refractivity contribution is 0.00489. The SMILES string of the molecule is C\C=C(OCCC)/C(=C(/C)N1CCN(C(=O)OC(C)(C)C)C(C)C1)C(/C)=N/C=C/CC. The molecule has 0 aromatic carbocycles. The van der Waals surface area contributed by atoms with Crippen LogP contribution in [0.15, 0.2) is 40.4 Å². The third-order valence-corrected chi connectivity index (χ3v) is 5.03. The van der Waals surface area contributed by atoms with E-state index in [1.807, 2.05) is 57.9 Å². The Hall–Kier alpha value is -2.24. The van der Waals surface area contributed by atoms with E-state index in [0.717, 1.165) is 48.7 Å². The molecule has 1 saturated heterocycles. The maximum atomic E-state index is 12.6. The number of carbonyl (C=O) groups excluding carboxylic acids is 1. The smallest absolute Gasteiger partial charge is 0.410 e. The Morgan fingerprint density at radius 3 is 2.39 bits per heavy atom. The van der Waals surface area contributed by atoms with E-state index in [2.05, 4.69) is 37.6 Å². The molecule has 0 aliphatic carbocycles. The Morgan fingerprint density at radius 2 is 1.87 bits per heavy atom. The van der Waals surface area contributed by atoms with Gasteiger partial charge >= 0.3 is 6.09 Å². The van der Waals surface area contributed by atoms with Crippen LogP contribution in [-0.4, -0.2) is 59.5 Å². The van der Waals surface area contributed by atoms with Gasteiger partial charge in [0.15, 0.2) is 0 Å². The van der Waals surface area contributed by atoms with Crippen LogP contribution in [0.2, 0.25) is 0 Å². The average molecular weight is 434 g/mol. The molecule has 6 heteroatoms. The monoisotopic (exact) mass is 433 g/mol. The molecule has 1 amide bonds. The van der Waals surface area contributed by atoms with Crippen molar-refractivity contribution in [1.29, 1.82) is 0 Å². The first kappa shape index (κ1) is 26.8. The summed E-state index contributed by atoms with van der Waals surface area (Å²) in [6, 6.07) is 0.0441. The zero-order valence-electron chi connectivity index (χ0n) is 21.1. The van der Waals surface area contributed by atoms with Gasteiger partial charge in [-0.3, -0.25) is 4.99 Å². The largest absolute Gasteiger partial charge is 0.493 e. The Balaban J connectivity index is 3.18. The molecule has 0 aromatic rings. The summed E-state index contributed by atoms with van der Waals surface area (Å²) in [6.45, 7) is 20.9. The molecule has 1 fully saturated rings. The van der Waals surface area contributed by atoms with E-state index in [4.69, 9.17) is 9.47 Å². The first-order valence-corrected chi connectivity index (χ1v) is 11.5. The molecular formula is C25H43N3O3. The summed E-state index contributed by atoms with van der Waals surface area (Å²) >= 11 is 0.